The monoisotopic (exact) mass is 399 g/mol. The van der Waals surface area contributed by atoms with Crippen LogP contribution in [-0.4, -0.2) is 18.0 Å². The molecule has 2 rings (SSSR count). The summed E-state index contributed by atoms with van der Waals surface area (Å²) in [5.74, 6) is -3.58. The van der Waals surface area contributed by atoms with E-state index < -0.39 is 41.4 Å². The van der Waals surface area contributed by atoms with Crippen LogP contribution in [0, 0.1) is 11.6 Å². The number of hydrogen-bond donors (Lipinski definition) is 1. The number of alkyl halides is 3. The van der Waals surface area contributed by atoms with E-state index >= 15 is 0 Å². The molecule has 4 nitrogen and oxygen atoms in total. The number of halogens is 5. The van der Waals surface area contributed by atoms with E-state index in [1.54, 1.807) is 0 Å². The number of carbonyl (C=O) groups is 2. The van der Waals surface area contributed by atoms with Crippen molar-refractivity contribution in [2.45, 2.75) is 19.2 Å². The van der Waals surface area contributed by atoms with Crippen molar-refractivity contribution in [3.63, 3.8) is 0 Å². The molecular weight excluding hydrogens is 385 g/mol. The van der Waals surface area contributed by atoms with Gasteiger partial charge in [-0.25, -0.2) is 13.6 Å². The predicted molar refractivity (Wildman–Crippen MR) is 91.0 cm³/mol. The summed E-state index contributed by atoms with van der Waals surface area (Å²) in [7, 11) is 0. The number of amides is 1. The largest absolute Gasteiger partial charge is 0.449 e. The lowest BCUT2D eigenvalue weighted by atomic mass is 10.1. The van der Waals surface area contributed by atoms with Crippen LogP contribution in [0.15, 0.2) is 48.5 Å². The number of esters is 1. The molecule has 28 heavy (non-hydrogen) atoms. The van der Waals surface area contributed by atoms with Crippen molar-refractivity contribution in [2.24, 2.45) is 0 Å². The fourth-order valence-electron chi connectivity index (χ4n) is 2.04. The highest BCUT2D eigenvalue weighted by atomic mass is 19.4. The van der Waals surface area contributed by atoms with Gasteiger partial charge in [-0.15, -0.1) is 0 Å². The summed E-state index contributed by atoms with van der Waals surface area (Å²) in [4.78, 5) is 23.6. The van der Waals surface area contributed by atoms with Gasteiger partial charge in [0.25, 0.3) is 5.91 Å². The summed E-state index contributed by atoms with van der Waals surface area (Å²) >= 11 is 0. The first-order chi connectivity index (χ1) is 13.1. The Hall–Kier alpha value is -3.23. The molecule has 0 radical (unpaired) electrons. The van der Waals surface area contributed by atoms with E-state index in [9.17, 15) is 31.5 Å². The second kappa shape index (κ2) is 8.64. The Bertz CT molecular complexity index is 891. The number of benzene rings is 2. The first kappa shape index (κ1) is 21.1. The molecule has 0 aliphatic rings. The zero-order valence-electron chi connectivity index (χ0n) is 14.4. The van der Waals surface area contributed by atoms with Crippen molar-refractivity contribution in [1.29, 1.82) is 0 Å². The van der Waals surface area contributed by atoms with Gasteiger partial charge in [-0.1, -0.05) is 12.1 Å². The second-order valence-corrected chi connectivity index (χ2v) is 5.65. The maximum absolute atomic E-state index is 13.5. The molecule has 1 N–H and O–H groups in total. The number of rotatable bonds is 5. The average Bonchev–Trinajstić information content (AvgIpc) is 2.61. The van der Waals surface area contributed by atoms with E-state index in [-0.39, 0.29) is 5.69 Å². The number of carbonyl (C=O) groups excluding carboxylic acids is 2. The molecule has 0 unspecified atom stereocenters. The van der Waals surface area contributed by atoms with Crippen molar-refractivity contribution >= 4 is 23.6 Å². The molecule has 0 saturated carbocycles. The zero-order valence-corrected chi connectivity index (χ0v) is 14.4. The normalized spacial score (nSPS) is 12.6. The van der Waals surface area contributed by atoms with Crippen LogP contribution in [0.25, 0.3) is 6.08 Å². The Morgan fingerprint density at radius 1 is 1.07 bits per heavy atom. The predicted octanol–water partition coefficient (Wildman–Crippen LogP) is 4.57. The topological polar surface area (TPSA) is 55.4 Å². The van der Waals surface area contributed by atoms with E-state index in [0.29, 0.717) is 11.6 Å². The minimum absolute atomic E-state index is 0.283. The molecule has 0 saturated heterocycles. The summed E-state index contributed by atoms with van der Waals surface area (Å²) in [5.41, 5.74) is -0.796. The highest BCUT2D eigenvalue weighted by Crippen LogP contribution is 2.29. The van der Waals surface area contributed by atoms with Crippen LogP contribution in [0.5, 0.6) is 0 Å². The lowest BCUT2D eigenvalue weighted by Gasteiger charge is -2.12. The maximum atomic E-state index is 13.5. The van der Waals surface area contributed by atoms with Crippen LogP contribution in [0.2, 0.25) is 0 Å². The SMILES string of the molecule is C[C@H](OC(=O)/C=C/c1ccc(C(F)(F)F)cc1)C(=O)Nc1ccc(F)cc1F. The minimum Gasteiger partial charge on any atom is -0.449 e. The third kappa shape index (κ3) is 5.90. The van der Waals surface area contributed by atoms with Crippen molar-refractivity contribution in [3.05, 3.63) is 71.3 Å². The molecule has 0 fully saturated rings. The van der Waals surface area contributed by atoms with Gasteiger partial charge in [-0.05, 0) is 42.8 Å². The second-order valence-electron chi connectivity index (χ2n) is 5.65. The summed E-state index contributed by atoms with van der Waals surface area (Å²) < 4.78 is 68.6. The Balaban J connectivity index is 1.92. The van der Waals surface area contributed by atoms with Crippen molar-refractivity contribution < 1.29 is 36.3 Å². The molecule has 2 aromatic rings. The number of nitrogens with one attached hydrogen (secondary N) is 1. The molecular formula is C19H14F5NO3. The fraction of sp³-hybridized carbons (Fsp3) is 0.158. The fourth-order valence-corrected chi connectivity index (χ4v) is 2.04. The van der Waals surface area contributed by atoms with E-state index in [4.69, 9.17) is 4.74 Å². The molecule has 0 aliphatic carbocycles. The van der Waals surface area contributed by atoms with Crippen molar-refractivity contribution in [2.75, 3.05) is 5.32 Å². The quantitative estimate of drug-likeness (QED) is 0.455. The maximum Gasteiger partial charge on any atom is 0.416 e. The summed E-state index contributed by atoms with van der Waals surface area (Å²) in [6, 6.07) is 6.60. The standard InChI is InChI=1S/C19H14F5NO3/c1-11(18(27)25-16-8-7-14(20)10-15(16)21)28-17(26)9-4-12-2-5-13(6-3-12)19(22,23)24/h2-11H,1H3,(H,25,27)/b9-4+/t11-/m0/s1. The first-order valence-corrected chi connectivity index (χ1v) is 7.88. The van der Waals surface area contributed by atoms with E-state index in [1.165, 1.54) is 25.1 Å². The van der Waals surface area contributed by atoms with Crippen LogP contribution < -0.4 is 5.32 Å². The van der Waals surface area contributed by atoms with Crippen LogP contribution in [0.3, 0.4) is 0 Å². The Morgan fingerprint density at radius 2 is 1.71 bits per heavy atom. The van der Waals surface area contributed by atoms with Gasteiger partial charge in [-0.3, -0.25) is 4.79 Å². The smallest absolute Gasteiger partial charge is 0.416 e. The van der Waals surface area contributed by atoms with Gasteiger partial charge in [0.1, 0.15) is 11.6 Å². The van der Waals surface area contributed by atoms with Gasteiger partial charge in [0, 0.05) is 12.1 Å². The number of ether oxygens (including phenoxy) is 1. The molecule has 0 aromatic heterocycles. The highest BCUT2D eigenvalue weighted by Gasteiger charge is 2.29. The highest BCUT2D eigenvalue weighted by molar-refractivity contribution is 5.96. The molecule has 9 heteroatoms. The third-order valence-corrected chi connectivity index (χ3v) is 3.50. The lowest BCUT2D eigenvalue weighted by molar-refractivity contribution is -0.148. The van der Waals surface area contributed by atoms with E-state index in [1.807, 2.05) is 0 Å². The van der Waals surface area contributed by atoms with Crippen LogP contribution >= 0.6 is 0 Å². The molecule has 0 spiro atoms. The molecule has 2 aromatic carbocycles. The number of anilines is 1. The average molecular weight is 399 g/mol. The first-order valence-electron chi connectivity index (χ1n) is 7.88. The van der Waals surface area contributed by atoms with Crippen LogP contribution in [0.4, 0.5) is 27.6 Å². The summed E-state index contributed by atoms with van der Waals surface area (Å²) in [6.45, 7) is 1.24. The zero-order chi connectivity index (χ0) is 20.9. The minimum atomic E-state index is -4.46. The van der Waals surface area contributed by atoms with Crippen LogP contribution in [0.1, 0.15) is 18.1 Å². The van der Waals surface area contributed by atoms with Gasteiger partial charge in [-0.2, -0.15) is 13.2 Å². The Labute approximate surface area is 156 Å². The van der Waals surface area contributed by atoms with Gasteiger partial charge in [0.15, 0.2) is 6.10 Å². The van der Waals surface area contributed by atoms with Crippen molar-refractivity contribution in [1.82, 2.24) is 0 Å². The molecule has 1 amide bonds. The van der Waals surface area contributed by atoms with Gasteiger partial charge in [0.2, 0.25) is 0 Å². The molecule has 0 bridgehead atoms. The Kier molecular flexibility index (Phi) is 6.50. The van der Waals surface area contributed by atoms with Gasteiger partial charge in [0.05, 0.1) is 11.3 Å². The Morgan fingerprint density at radius 3 is 2.29 bits per heavy atom. The third-order valence-electron chi connectivity index (χ3n) is 3.50. The van der Waals surface area contributed by atoms with Crippen molar-refractivity contribution in [3.8, 4) is 0 Å². The van der Waals surface area contributed by atoms with Gasteiger partial charge >= 0.3 is 12.1 Å². The van der Waals surface area contributed by atoms with Crippen LogP contribution in [-0.2, 0) is 20.5 Å². The molecule has 1 atom stereocenters. The lowest BCUT2D eigenvalue weighted by Crippen LogP contribution is -2.29. The summed E-state index contributed by atoms with van der Waals surface area (Å²) in [5, 5.41) is 2.15. The van der Waals surface area contributed by atoms with E-state index in [2.05, 4.69) is 5.32 Å². The van der Waals surface area contributed by atoms with Gasteiger partial charge < -0.3 is 10.1 Å². The number of hydrogen-bond acceptors (Lipinski definition) is 3. The molecule has 148 valence electrons. The summed E-state index contributed by atoms with van der Waals surface area (Å²) in [6.07, 6.45) is -3.61. The molecule has 0 aliphatic heterocycles. The molecule has 0 heterocycles. The van der Waals surface area contributed by atoms with E-state index in [0.717, 1.165) is 30.3 Å².